The second kappa shape index (κ2) is 4.08. The molecular weight excluding hydrogens is 270 g/mol. The summed E-state index contributed by atoms with van der Waals surface area (Å²) < 4.78 is 29.9. The monoisotopic (exact) mass is 285 g/mol. The normalized spacial score (nSPS) is 27.1. The fourth-order valence-electron chi connectivity index (χ4n) is 1.54. The summed E-state index contributed by atoms with van der Waals surface area (Å²) in [4.78, 5) is 0. The van der Waals surface area contributed by atoms with Crippen molar-refractivity contribution in [2.45, 2.75) is 31.9 Å². The lowest BCUT2D eigenvalue weighted by molar-refractivity contribution is 0.0349. The Balaban J connectivity index is 2.69. The predicted molar refractivity (Wildman–Crippen MR) is 58.9 cm³/mol. The topological polar surface area (TPSA) is 46.6 Å². The van der Waals surface area contributed by atoms with Crippen LogP contribution in [-0.2, 0) is 14.8 Å². The molecule has 1 heterocycles. The Morgan fingerprint density at radius 3 is 2.50 bits per heavy atom. The summed E-state index contributed by atoms with van der Waals surface area (Å²) in [6, 6.07) is -0.0347. The van der Waals surface area contributed by atoms with Gasteiger partial charge in [0.05, 0.1) is 18.2 Å². The van der Waals surface area contributed by atoms with Gasteiger partial charge in [0.15, 0.2) is 0 Å². The molecule has 0 N–H and O–H groups in total. The third-order valence-electron chi connectivity index (χ3n) is 2.48. The molecule has 0 aromatic heterocycles. The summed E-state index contributed by atoms with van der Waals surface area (Å²) >= 11 is 2.98. The molecule has 0 amide bonds. The van der Waals surface area contributed by atoms with Gasteiger partial charge < -0.3 is 4.74 Å². The van der Waals surface area contributed by atoms with Crippen LogP contribution in [0.5, 0.6) is 0 Å². The molecule has 0 spiro atoms. The highest BCUT2D eigenvalue weighted by atomic mass is 79.9. The smallest absolute Gasteiger partial charge is 0.224 e. The van der Waals surface area contributed by atoms with Crippen LogP contribution < -0.4 is 0 Å². The van der Waals surface area contributed by atoms with Gasteiger partial charge in [-0.1, -0.05) is 15.9 Å². The van der Waals surface area contributed by atoms with Gasteiger partial charge in [-0.05, 0) is 20.3 Å². The van der Waals surface area contributed by atoms with E-state index in [2.05, 4.69) is 15.9 Å². The zero-order valence-electron chi connectivity index (χ0n) is 8.66. The third-order valence-corrected chi connectivity index (χ3v) is 5.67. The van der Waals surface area contributed by atoms with Crippen molar-refractivity contribution in [3.05, 3.63) is 0 Å². The van der Waals surface area contributed by atoms with E-state index in [0.29, 0.717) is 6.61 Å². The summed E-state index contributed by atoms with van der Waals surface area (Å²) in [7, 11) is -1.56. The first-order valence-electron chi connectivity index (χ1n) is 4.44. The highest BCUT2D eigenvalue weighted by molar-refractivity contribution is 9.10. The number of rotatable bonds is 3. The quantitative estimate of drug-likeness (QED) is 0.732. The predicted octanol–water partition coefficient (Wildman–Crippen LogP) is 1.17. The Kier molecular flexibility index (Phi) is 3.62. The number of halogens is 1. The SMILES string of the molecule is CN(C1COC(C)(C)C1)S(=O)(=O)CBr. The van der Waals surface area contributed by atoms with Crippen molar-refractivity contribution in [3.63, 3.8) is 0 Å². The Morgan fingerprint density at radius 2 is 2.14 bits per heavy atom. The molecule has 1 aliphatic rings. The fourth-order valence-corrected chi connectivity index (χ4v) is 3.26. The molecule has 1 atom stereocenters. The molecule has 0 saturated carbocycles. The average molecular weight is 286 g/mol. The summed E-state index contributed by atoms with van der Waals surface area (Å²) in [6.45, 7) is 4.43. The lowest BCUT2D eigenvalue weighted by Crippen LogP contribution is -2.38. The van der Waals surface area contributed by atoms with Crippen LogP contribution in [0.1, 0.15) is 20.3 Å². The van der Waals surface area contributed by atoms with Crippen molar-refractivity contribution < 1.29 is 13.2 Å². The van der Waals surface area contributed by atoms with E-state index < -0.39 is 10.0 Å². The van der Waals surface area contributed by atoms with Crippen LogP contribution in [0.15, 0.2) is 0 Å². The lowest BCUT2D eigenvalue weighted by Gasteiger charge is -2.22. The molecule has 1 saturated heterocycles. The molecule has 0 aromatic rings. The summed E-state index contributed by atoms with van der Waals surface area (Å²) in [5.74, 6) is 0. The molecular formula is C8H16BrNO3S. The van der Waals surface area contributed by atoms with Crippen molar-refractivity contribution in [1.82, 2.24) is 4.31 Å². The van der Waals surface area contributed by atoms with Crippen molar-refractivity contribution in [2.24, 2.45) is 0 Å². The molecule has 1 fully saturated rings. The van der Waals surface area contributed by atoms with E-state index >= 15 is 0 Å². The van der Waals surface area contributed by atoms with Gasteiger partial charge in [0.2, 0.25) is 10.0 Å². The maximum absolute atomic E-state index is 11.5. The largest absolute Gasteiger partial charge is 0.374 e. The molecule has 1 aliphatic heterocycles. The first kappa shape index (κ1) is 12.4. The standard InChI is InChI=1S/C8H16BrNO3S/c1-8(2)4-7(5-13-8)10(3)14(11,12)6-9/h7H,4-6H2,1-3H3. The van der Waals surface area contributed by atoms with Gasteiger partial charge in [0.25, 0.3) is 0 Å². The maximum atomic E-state index is 11.5. The fraction of sp³-hybridized carbons (Fsp3) is 1.00. The number of hydrogen-bond donors (Lipinski definition) is 0. The van der Waals surface area contributed by atoms with E-state index in [1.165, 1.54) is 4.31 Å². The van der Waals surface area contributed by atoms with Crippen molar-refractivity contribution in [1.29, 1.82) is 0 Å². The third kappa shape index (κ3) is 2.68. The minimum absolute atomic E-state index is 0.0343. The number of alkyl halides is 1. The van der Waals surface area contributed by atoms with E-state index in [1.807, 2.05) is 13.8 Å². The number of sulfonamides is 1. The molecule has 0 aliphatic carbocycles. The van der Waals surface area contributed by atoms with Crippen LogP contribution in [0.25, 0.3) is 0 Å². The van der Waals surface area contributed by atoms with Gasteiger partial charge in [0.1, 0.15) is 4.66 Å². The van der Waals surface area contributed by atoms with E-state index in [0.717, 1.165) is 6.42 Å². The van der Waals surface area contributed by atoms with Crippen LogP contribution in [-0.4, -0.2) is 42.7 Å². The maximum Gasteiger partial charge on any atom is 0.224 e. The van der Waals surface area contributed by atoms with Crippen LogP contribution >= 0.6 is 15.9 Å². The highest BCUT2D eigenvalue weighted by Gasteiger charge is 2.37. The highest BCUT2D eigenvalue weighted by Crippen LogP contribution is 2.28. The van der Waals surface area contributed by atoms with Gasteiger partial charge in [0, 0.05) is 7.05 Å². The van der Waals surface area contributed by atoms with Crippen LogP contribution in [0.2, 0.25) is 0 Å². The minimum Gasteiger partial charge on any atom is -0.374 e. The Morgan fingerprint density at radius 1 is 1.57 bits per heavy atom. The van der Waals surface area contributed by atoms with Gasteiger partial charge >= 0.3 is 0 Å². The molecule has 6 heteroatoms. The van der Waals surface area contributed by atoms with Crippen LogP contribution in [0.4, 0.5) is 0 Å². The van der Waals surface area contributed by atoms with Gasteiger partial charge in [-0.3, -0.25) is 0 Å². The lowest BCUT2D eigenvalue weighted by atomic mass is 10.0. The summed E-state index contributed by atoms with van der Waals surface area (Å²) in [6.07, 6.45) is 0.746. The average Bonchev–Trinajstić information content (AvgIpc) is 2.44. The Bertz CT molecular complexity index is 302. The molecule has 0 radical (unpaired) electrons. The van der Waals surface area contributed by atoms with Crippen LogP contribution in [0.3, 0.4) is 0 Å². The van der Waals surface area contributed by atoms with E-state index in [1.54, 1.807) is 7.05 Å². The molecule has 4 nitrogen and oxygen atoms in total. The summed E-state index contributed by atoms with van der Waals surface area (Å²) in [5.41, 5.74) is -0.208. The van der Waals surface area contributed by atoms with Crippen molar-refractivity contribution in [3.8, 4) is 0 Å². The van der Waals surface area contributed by atoms with Gasteiger partial charge in [-0.15, -0.1) is 0 Å². The molecule has 14 heavy (non-hydrogen) atoms. The minimum atomic E-state index is -3.16. The zero-order chi connectivity index (χ0) is 11.0. The Hall–Kier alpha value is 0.350. The molecule has 84 valence electrons. The molecule has 0 aromatic carbocycles. The van der Waals surface area contributed by atoms with E-state index in [-0.39, 0.29) is 16.3 Å². The molecule has 0 bridgehead atoms. The zero-order valence-corrected chi connectivity index (χ0v) is 11.1. The van der Waals surface area contributed by atoms with E-state index in [4.69, 9.17) is 4.74 Å². The van der Waals surface area contributed by atoms with Gasteiger partial charge in [-0.25, -0.2) is 8.42 Å². The Labute approximate surface area is 93.8 Å². The summed E-state index contributed by atoms with van der Waals surface area (Å²) in [5, 5.41) is 0. The molecule has 1 unspecified atom stereocenters. The number of ether oxygens (including phenoxy) is 1. The molecule has 1 rings (SSSR count). The second-order valence-corrected chi connectivity index (χ2v) is 7.50. The number of likely N-dealkylation sites (N-methyl/N-ethyl adjacent to an activating group) is 1. The van der Waals surface area contributed by atoms with E-state index in [9.17, 15) is 8.42 Å². The van der Waals surface area contributed by atoms with Crippen molar-refractivity contribution >= 4 is 26.0 Å². The second-order valence-electron chi connectivity index (χ2n) is 4.17. The number of nitrogens with zero attached hydrogens (tertiary/aromatic N) is 1. The van der Waals surface area contributed by atoms with Crippen molar-refractivity contribution in [2.75, 3.05) is 18.3 Å². The first-order chi connectivity index (χ1) is 6.28. The number of hydrogen-bond acceptors (Lipinski definition) is 3. The van der Waals surface area contributed by atoms with Crippen LogP contribution in [0, 0.1) is 0 Å². The van der Waals surface area contributed by atoms with Gasteiger partial charge in [-0.2, -0.15) is 4.31 Å². The first-order valence-corrected chi connectivity index (χ1v) is 7.17.